The van der Waals surface area contributed by atoms with Crippen molar-refractivity contribution in [3.8, 4) is 5.75 Å². The number of hydrogen-bond donors (Lipinski definition) is 0. The van der Waals surface area contributed by atoms with Crippen molar-refractivity contribution < 1.29 is 14.1 Å². The lowest BCUT2D eigenvalue weighted by atomic mass is 9.71. The van der Waals surface area contributed by atoms with Crippen LogP contribution in [-0.2, 0) is 27.7 Å². The van der Waals surface area contributed by atoms with E-state index in [1.54, 1.807) is 6.26 Å². The summed E-state index contributed by atoms with van der Waals surface area (Å²) in [4.78, 5) is 26.9. The zero-order valence-electron chi connectivity index (χ0n) is 29.2. The number of urea groups is 1. The SMILES string of the molecule is CCOc1cc(C(C)(C)C)ccc1C1=N[C@@](C)(c2ccc(Cl)cc2)[C@@](C)(c2ccc(Cl)cc2)N1C(=O)N1CCN(CCC[S+](C)[O-])CC1. The molecule has 1 saturated heterocycles. The van der Waals surface area contributed by atoms with E-state index in [0.717, 1.165) is 48.3 Å². The molecule has 258 valence electrons. The fourth-order valence-electron chi connectivity index (χ4n) is 6.81. The first-order valence-electron chi connectivity index (χ1n) is 16.7. The van der Waals surface area contributed by atoms with Crippen molar-refractivity contribution in [2.75, 3.05) is 51.3 Å². The summed E-state index contributed by atoms with van der Waals surface area (Å²) in [5.41, 5.74) is 1.76. The Morgan fingerprint density at radius 3 is 2.06 bits per heavy atom. The number of rotatable bonds is 9. The zero-order valence-corrected chi connectivity index (χ0v) is 31.5. The first kappa shape index (κ1) is 36.5. The number of amidine groups is 1. The largest absolute Gasteiger partial charge is 0.617 e. The molecular weight excluding hydrogens is 663 g/mol. The first-order valence-corrected chi connectivity index (χ1v) is 19.2. The standard InChI is InChI=1S/C38H48Cl2N4O3S/c1-8-47-33-26-29(36(2,3)4)14-19-32(33)34-41-37(5,27-10-15-30(39)16-11-27)38(6,28-12-17-31(40)18-13-28)44(34)35(45)43-23-21-42(22-24-43)20-9-25-48(7)46/h10-19,26H,8-9,20-25H2,1-7H3/t37-,38+,48?/m0/s1. The molecule has 2 amide bonds. The minimum absolute atomic E-state index is 0.0984. The molecular formula is C38H48Cl2N4O3S. The number of halogens is 2. The van der Waals surface area contributed by atoms with Crippen LogP contribution in [0, 0.1) is 0 Å². The van der Waals surface area contributed by atoms with E-state index in [2.05, 4.69) is 57.7 Å². The van der Waals surface area contributed by atoms with E-state index in [0.29, 0.717) is 47.1 Å². The molecule has 0 aromatic heterocycles. The van der Waals surface area contributed by atoms with Crippen LogP contribution in [0.1, 0.15) is 70.2 Å². The van der Waals surface area contributed by atoms with Crippen molar-refractivity contribution in [1.29, 1.82) is 0 Å². The first-order chi connectivity index (χ1) is 22.7. The Morgan fingerprint density at radius 1 is 0.938 bits per heavy atom. The van der Waals surface area contributed by atoms with Gasteiger partial charge in [0.15, 0.2) is 0 Å². The summed E-state index contributed by atoms with van der Waals surface area (Å²) < 4.78 is 17.9. The summed E-state index contributed by atoms with van der Waals surface area (Å²) in [5, 5.41) is 1.25. The molecule has 3 aromatic rings. The third-order valence-electron chi connectivity index (χ3n) is 9.88. The molecule has 3 atom stereocenters. The number of carbonyl (C=O) groups excluding carboxylic acids is 1. The van der Waals surface area contributed by atoms with Crippen LogP contribution in [0.3, 0.4) is 0 Å². The monoisotopic (exact) mass is 710 g/mol. The van der Waals surface area contributed by atoms with Crippen LogP contribution in [0.15, 0.2) is 71.7 Å². The molecule has 0 N–H and O–H groups in total. The van der Waals surface area contributed by atoms with Gasteiger partial charge >= 0.3 is 6.03 Å². The lowest BCUT2D eigenvalue weighted by Crippen LogP contribution is -2.60. The van der Waals surface area contributed by atoms with Crippen LogP contribution >= 0.6 is 23.2 Å². The van der Waals surface area contributed by atoms with Crippen molar-refractivity contribution in [1.82, 2.24) is 14.7 Å². The number of nitrogens with zero attached hydrogens (tertiary/aromatic N) is 4. The van der Waals surface area contributed by atoms with Crippen LogP contribution < -0.4 is 4.74 Å². The second kappa shape index (κ2) is 14.6. The fraction of sp³-hybridized carbons (Fsp3) is 0.474. The van der Waals surface area contributed by atoms with Gasteiger partial charge in [-0.05, 0) is 79.3 Å². The molecule has 0 saturated carbocycles. The second-order valence-electron chi connectivity index (χ2n) is 14.1. The second-order valence-corrected chi connectivity index (χ2v) is 16.5. The summed E-state index contributed by atoms with van der Waals surface area (Å²) in [6.45, 7) is 16.7. The van der Waals surface area contributed by atoms with Crippen LogP contribution in [0.25, 0.3) is 0 Å². The normalized spacial score (nSPS) is 22.5. The Kier molecular flexibility index (Phi) is 11.1. The lowest BCUT2D eigenvalue weighted by molar-refractivity contribution is 0.0868. The lowest BCUT2D eigenvalue weighted by Gasteiger charge is -2.47. The third kappa shape index (κ3) is 7.24. The molecule has 7 nitrogen and oxygen atoms in total. The van der Waals surface area contributed by atoms with Gasteiger partial charge in [0.1, 0.15) is 28.4 Å². The molecule has 1 unspecified atom stereocenters. The molecule has 2 aliphatic rings. The van der Waals surface area contributed by atoms with Gasteiger partial charge in [-0.15, -0.1) is 0 Å². The van der Waals surface area contributed by atoms with Crippen molar-refractivity contribution >= 4 is 46.2 Å². The van der Waals surface area contributed by atoms with E-state index < -0.39 is 22.3 Å². The van der Waals surface area contributed by atoms with Gasteiger partial charge in [-0.25, -0.2) is 4.79 Å². The summed E-state index contributed by atoms with van der Waals surface area (Å²) >= 11 is 12.0. The molecule has 0 bridgehead atoms. The van der Waals surface area contributed by atoms with E-state index >= 15 is 4.79 Å². The highest BCUT2D eigenvalue weighted by Crippen LogP contribution is 2.54. The van der Waals surface area contributed by atoms with Gasteiger partial charge in [-0.1, -0.05) is 85.5 Å². The topological polar surface area (TPSA) is 71.4 Å². The number of hydrogen-bond acceptors (Lipinski definition) is 5. The fourth-order valence-corrected chi connectivity index (χ4v) is 7.60. The predicted octanol–water partition coefficient (Wildman–Crippen LogP) is 8.09. The number of amides is 2. The maximum absolute atomic E-state index is 15.1. The van der Waals surface area contributed by atoms with Gasteiger partial charge in [0.05, 0.1) is 18.4 Å². The van der Waals surface area contributed by atoms with E-state index in [1.807, 2.05) is 65.3 Å². The molecule has 0 spiro atoms. The van der Waals surface area contributed by atoms with E-state index in [1.165, 1.54) is 0 Å². The number of ether oxygens (including phenoxy) is 1. The molecule has 2 aliphatic heterocycles. The van der Waals surface area contributed by atoms with Gasteiger partial charge in [-0.2, -0.15) is 0 Å². The molecule has 0 aliphatic carbocycles. The number of aliphatic imine (C=N–C) groups is 1. The molecule has 3 aromatic carbocycles. The molecule has 2 heterocycles. The van der Waals surface area contributed by atoms with Crippen LogP contribution in [-0.4, -0.2) is 82.5 Å². The average Bonchev–Trinajstić information content (AvgIpc) is 3.29. The summed E-state index contributed by atoms with van der Waals surface area (Å²) in [6, 6.07) is 21.6. The Balaban J connectivity index is 1.66. The quantitative estimate of drug-likeness (QED) is 0.211. The van der Waals surface area contributed by atoms with Gasteiger partial charge in [0.25, 0.3) is 0 Å². The Morgan fingerprint density at radius 2 is 1.52 bits per heavy atom. The van der Waals surface area contributed by atoms with E-state index in [-0.39, 0.29) is 11.4 Å². The van der Waals surface area contributed by atoms with Gasteiger partial charge in [0, 0.05) is 49.2 Å². The highest BCUT2D eigenvalue weighted by atomic mass is 35.5. The molecule has 5 rings (SSSR count). The Bertz CT molecular complexity index is 1620. The molecule has 48 heavy (non-hydrogen) atoms. The van der Waals surface area contributed by atoms with Crippen LogP contribution in [0.4, 0.5) is 4.79 Å². The molecule has 0 radical (unpaired) electrons. The van der Waals surface area contributed by atoms with E-state index in [9.17, 15) is 4.55 Å². The number of benzene rings is 3. The Labute approximate surface area is 299 Å². The van der Waals surface area contributed by atoms with Crippen LogP contribution in [0.5, 0.6) is 5.75 Å². The van der Waals surface area contributed by atoms with Crippen molar-refractivity contribution in [2.45, 2.75) is 64.5 Å². The number of carbonyl (C=O) groups is 1. The summed E-state index contributed by atoms with van der Waals surface area (Å²) in [5.74, 6) is 1.94. The average molecular weight is 712 g/mol. The summed E-state index contributed by atoms with van der Waals surface area (Å²) in [7, 11) is 0. The maximum atomic E-state index is 15.1. The number of piperazine rings is 1. The Hall–Kier alpha value is -2.75. The highest BCUT2D eigenvalue weighted by Gasteiger charge is 2.60. The molecule has 1 fully saturated rings. The molecule has 10 heteroatoms. The predicted molar refractivity (Wildman–Crippen MR) is 199 cm³/mol. The smallest absolute Gasteiger partial charge is 0.326 e. The van der Waals surface area contributed by atoms with Crippen molar-refractivity contribution in [3.05, 3.63) is 99.0 Å². The van der Waals surface area contributed by atoms with Gasteiger partial charge in [-0.3, -0.25) is 14.8 Å². The van der Waals surface area contributed by atoms with Crippen molar-refractivity contribution in [3.63, 3.8) is 0 Å². The van der Waals surface area contributed by atoms with Gasteiger partial charge < -0.3 is 14.2 Å². The zero-order chi connectivity index (χ0) is 34.9. The highest BCUT2D eigenvalue weighted by molar-refractivity contribution is 7.90. The van der Waals surface area contributed by atoms with Gasteiger partial charge in [0.2, 0.25) is 0 Å². The van der Waals surface area contributed by atoms with E-state index in [4.69, 9.17) is 32.9 Å². The van der Waals surface area contributed by atoms with Crippen LogP contribution in [0.2, 0.25) is 10.0 Å². The maximum Gasteiger partial charge on any atom is 0.326 e. The summed E-state index contributed by atoms with van der Waals surface area (Å²) in [6.07, 6.45) is 2.62. The third-order valence-corrected chi connectivity index (χ3v) is 11.2. The van der Waals surface area contributed by atoms with Crippen molar-refractivity contribution in [2.24, 2.45) is 4.99 Å². The minimum Gasteiger partial charge on any atom is -0.617 e. The minimum atomic E-state index is -0.966.